The number of nitrogens with two attached hydrogens (primary N) is 1. The molecule has 4 aromatic rings. The number of methoxy groups -OCH3 is 1. The molecule has 242 valence electrons. The van der Waals surface area contributed by atoms with Crippen LogP contribution in [0.2, 0.25) is 0 Å². The Labute approximate surface area is 262 Å². The Hall–Kier alpha value is -4.65. The molecule has 2 aliphatic carbocycles. The van der Waals surface area contributed by atoms with Crippen molar-refractivity contribution < 1.29 is 37.3 Å². The van der Waals surface area contributed by atoms with Crippen molar-refractivity contribution in [2.45, 2.75) is 62.8 Å². The lowest BCUT2D eigenvalue weighted by atomic mass is 9.93. The van der Waals surface area contributed by atoms with Crippen LogP contribution < -0.4 is 20.5 Å². The summed E-state index contributed by atoms with van der Waals surface area (Å²) in [6, 6.07) is 11.3. The SMILES string of the molecule is CCOc1c(CC(N)=O)cc([C@@](O)(CNC(=O)c2cc(OC)c3nn(C4CC4)cc3c2)C(F)(F)F)nc1-c1ccc(C2CC2)cc1. The molecule has 2 fully saturated rings. The van der Waals surface area contributed by atoms with Crippen molar-refractivity contribution >= 4 is 22.7 Å². The molecule has 0 unspecified atom stereocenters. The van der Waals surface area contributed by atoms with Crippen LogP contribution in [0.3, 0.4) is 0 Å². The topological polar surface area (TPSA) is 142 Å². The van der Waals surface area contributed by atoms with Gasteiger partial charge in [-0.15, -0.1) is 0 Å². The number of rotatable bonds is 12. The Balaban J connectivity index is 1.37. The third kappa shape index (κ3) is 6.11. The zero-order valence-electron chi connectivity index (χ0n) is 25.4. The number of nitrogens with zero attached hydrogens (tertiary/aromatic N) is 3. The molecule has 6 rings (SSSR count). The highest BCUT2D eigenvalue weighted by molar-refractivity contribution is 6.00. The standard InChI is InChI=1S/C33H34F3N5O5/c1-3-46-30-21(15-27(37)42)14-26(39-29(30)20-8-6-19(7-9-20)18-4-5-18)32(44,33(34,35)36)17-38-31(43)22-12-23-16-41(24-10-11-24)40-28(23)25(13-22)45-2/h6-9,12-14,16,18,24,44H,3-5,10-11,15,17H2,1-2H3,(H2,37,42)(H,38,43)/t32-/m0/s1. The molecule has 0 bridgehead atoms. The summed E-state index contributed by atoms with van der Waals surface area (Å²) >= 11 is 0. The minimum absolute atomic E-state index is 0.00908. The van der Waals surface area contributed by atoms with Crippen LogP contribution in [-0.4, -0.2) is 58.1 Å². The number of nitrogens with one attached hydrogen (secondary N) is 1. The number of aromatic nitrogens is 3. The van der Waals surface area contributed by atoms with Crippen molar-refractivity contribution in [2.24, 2.45) is 5.73 Å². The second-order valence-electron chi connectivity index (χ2n) is 11.8. The van der Waals surface area contributed by atoms with Gasteiger partial charge in [0.2, 0.25) is 11.5 Å². The normalized spacial score (nSPS) is 16.2. The average molecular weight is 638 g/mol. The molecule has 4 N–H and O–H groups in total. The van der Waals surface area contributed by atoms with E-state index in [2.05, 4.69) is 15.4 Å². The van der Waals surface area contributed by atoms with E-state index in [1.165, 1.54) is 19.2 Å². The lowest BCUT2D eigenvalue weighted by molar-refractivity contribution is -0.265. The zero-order valence-corrected chi connectivity index (χ0v) is 25.4. The van der Waals surface area contributed by atoms with Gasteiger partial charge in [0.1, 0.15) is 22.7 Å². The van der Waals surface area contributed by atoms with Crippen molar-refractivity contribution in [1.29, 1.82) is 0 Å². The summed E-state index contributed by atoms with van der Waals surface area (Å²) in [6.45, 7) is 0.549. The van der Waals surface area contributed by atoms with E-state index in [9.17, 15) is 27.9 Å². The lowest BCUT2D eigenvalue weighted by Crippen LogP contribution is -2.51. The molecule has 46 heavy (non-hydrogen) atoms. The van der Waals surface area contributed by atoms with E-state index in [0.717, 1.165) is 37.3 Å². The van der Waals surface area contributed by atoms with Crippen LogP contribution >= 0.6 is 0 Å². The maximum absolute atomic E-state index is 14.8. The molecule has 0 aliphatic heterocycles. The second kappa shape index (κ2) is 11.9. The van der Waals surface area contributed by atoms with E-state index in [1.807, 2.05) is 12.1 Å². The Morgan fingerprint density at radius 1 is 1.11 bits per heavy atom. The highest BCUT2D eigenvalue weighted by atomic mass is 19.4. The van der Waals surface area contributed by atoms with Gasteiger partial charge >= 0.3 is 6.18 Å². The molecule has 2 amide bonds. The number of hydrogen-bond donors (Lipinski definition) is 3. The van der Waals surface area contributed by atoms with Crippen molar-refractivity contribution in [3.63, 3.8) is 0 Å². The Bertz CT molecular complexity index is 1800. The predicted octanol–water partition coefficient (Wildman–Crippen LogP) is 4.93. The summed E-state index contributed by atoms with van der Waals surface area (Å²) < 4.78 is 57.3. The van der Waals surface area contributed by atoms with E-state index < -0.39 is 42.3 Å². The molecule has 2 aromatic heterocycles. The maximum Gasteiger partial charge on any atom is 0.424 e. The molecule has 0 saturated heterocycles. The summed E-state index contributed by atoms with van der Waals surface area (Å²) in [5.41, 5.74) is 3.10. The number of primary amides is 1. The number of hydrogen-bond acceptors (Lipinski definition) is 7. The molecule has 0 radical (unpaired) electrons. The molecule has 2 aromatic carbocycles. The van der Waals surface area contributed by atoms with Crippen LogP contribution in [0.4, 0.5) is 13.2 Å². The summed E-state index contributed by atoms with van der Waals surface area (Å²) in [4.78, 5) is 29.6. The Morgan fingerprint density at radius 2 is 1.83 bits per heavy atom. The third-order valence-electron chi connectivity index (χ3n) is 8.33. The molecule has 2 heterocycles. The first kappa shape index (κ1) is 31.3. The van der Waals surface area contributed by atoms with Crippen LogP contribution in [0.25, 0.3) is 22.2 Å². The minimum Gasteiger partial charge on any atom is -0.494 e. The Kier molecular flexibility index (Phi) is 8.13. The molecule has 13 heteroatoms. The molecule has 1 atom stereocenters. The number of carbonyl (C=O) groups is 2. The van der Waals surface area contributed by atoms with Crippen LogP contribution in [0.1, 0.15) is 71.7 Å². The maximum atomic E-state index is 14.8. The van der Waals surface area contributed by atoms with E-state index >= 15 is 0 Å². The summed E-state index contributed by atoms with van der Waals surface area (Å²) in [5.74, 6) is -0.869. The van der Waals surface area contributed by atoms with Gasteiger partial charge in [-0.25, -0.2) is 4.98 Å². The van der Waals surface area contributed by atoms with Gasteiger partial charge in [-0.3, -0.25) is 14.3 Å². The molecular formula is C33H34F3N5O5. The molecule has 10 nitrogen and oxygen atoms in total. The average Bonchev–Trinajstić information content (AvgIpc) is 3.96. The molecule has 0 spiro atoms. The highest BCUT2D eigenvalue weighted by Gasteiger charge is 2.57. The number of halogens is 3. The van der Waals surface area contributed by atoms with Gasteiger partial charge < -0.3 is 25.6 Å². The predicted molar refractivity (Wildman–Crippen MR) is 163 cm³/mol. The first-order valence-corrected chi connectivity index (χ1v) is 15.1. The van der Waals surface area contributed by atoms with Crippen molar-refractivity contribution in [3.8, 4) is 22.8 Å². The fraction of sp³-hybridized carbons (Fsp3) is 0.394. The van der Waals surface area contributed by atoms with Crippen molar-refractivity contribution in [2.75, 3.05) is 20.3 Å². The fourth-order valence-electron chi connectivity index (χ4n) is 5.53. The number of ether oxygens (including phenoxy) is 2. The monoisotopic (exact) mass is 637 g/mol. The minimum atomic E-state index is -5.29. The number of pyridine rings is 1. The van der Waals surface area contributed by atoms with Crippen LogP contribution in [0, 0.1) is 0 Å². The van der Waals surface area contributed by atoms with Gasteiger partial charge in [0.05, 0.1) is 38.4 Å². The summed E-state index contributed by atoms with van der Waals surface area (Å²) in [5, 5.41) is 18.7. The van der Waals surface area contributed by atoms with Gasteiger partial charge in [0, 0.05) is 28.3 Å². The number of amides is 2. The van der Waals surface area contributed by atoms with Gasteiger partial charge in [0.15, 0.2) is 0 Å². The van der Waals surface area contributed by atoms with Gasteiger partial charge in [-0.2, -0.15) is 18.3 Å². The number of alkyl halides is 3. The molecule has 2 aliphatic rings. The first-order valence-electron chi connectivity index (χ1n) is 15.1. The molecule has 2 saturated carbocycles. The van der Waals surface area contributed by atoms with Crippen LogP contribution in [0.15, 0.2) is 48.7 Å². The number of benzene rings is 2. The van der Waals surface area contributed by atoms with Crippen molar-refractivity contribution in [3.05, 3.63) is 71.0 Å². The summed E-state index contributed by atoms with van der Waals surface area (Å²) in [7, 11) is 1.41. The van der Waals surface area contributed by atoms with E-state index in [0.29, 0.717) is 22.4 Å². The first-order chi connectivity index (χ1) is 21.9. The number of carbonyl (C=O) groups excluding carboxylic acids is 2. The lowest BCUT2D eigenvalue weighted by Gasteiger charge is -2.31. The number of fused-ring (bicyclic) bond motifs is 1. The van der Waals surface area contributed by atoms with Crippen molar-refractivity contribution in [1.82, 2.24) is 20.1 Å². The van der Waals surface area contributed by atoms with Gasteiger partial charge in [-0.05, 0) is 62.3 Å². The van der Waals surface area contributed by atoms with E-state index in [4.69, 9.17) is 15.2 Å². The Morgan fingerprint density at radius 3 is 2.41 bits per heavy atom. The van der Waals surface area contributed by atoms with E-state index in [1.54, 1.807) is 29.9 Å². The van der Waals surface area contributed by atoms with E-state index in [-0.39, 0.29) is 41.0 Å². The third-order valence-corrected chi connectivity index (χ3v) is 8.33. The zero-order chi connectivity index (χ0) is 32.8. The summed E-state index contributed by atoms with van der Waals surface area (Å²) in [6.07, 6.45) is 0.102. The second-order valence-corrected chi connectivity index (χ2v) is 11.8. The van der Waals surface area contributed by atoms with Gasteiger partial charge in [0.25, 0.3) is 5.91 Å². The van der Waals surface area contributed by atoms with Crippen LogP contribution in [0.5, 0.6) is 11.5 Å². The smallest absolute Gasteiger partial charge is 0.424 e. The van der Waals surface area contributed by atoms with Gasteiger partial charge in [-0.1, -0.05) is 24.3 Å². The highest BCUT2D eigenvalue weighted by Crippen LogP contribution is 2.44. The quantitative estimate of drug-likeness (QED) is 0.200. The largest absolute Gasteiger partial charge is 0.494 e. The van der Waals surface area contributed by atoms with Crippen LogP contribution in [-0.2, 0) is 16.8 Å². The molecular weight excluding hydrogens is 603 g/mol. The fourth-order valence-corrected chi connectivity index (χ4v) is 5.53. The number of aliphatic hydroxyl groups is 1.